The highest BCUT2D eigenvalue weighted by molar-refractivity contribution is 6.29. The van der Waals surface area contributed by atoms with Crippen molar-refractivity contribution >= 4 is 11.6 Å². The van der Waals surface area contributed by atoms with Gasteiger partial charge in [0.25, 0.3) is 0 Å². The van der Waals surface area contributed by atoms with Gasteiger partial charge in [0.2, 0.25) is 0 Å². The molecule has 1 aromatic carbocycles. The number of rotatable bonds is 5. The Hall–Kier alpha value is -0.990. The lowest BCUT2D eigenvalue weighted by molar-refractivity contribution is 0.413. The first-order valence-electron chi connectivity index (χ1n) is 4.84. The van der Waals surface area contributed by atoms with E-state index in [1.165, 1.54) is 5.56 Å². The first-order chi connectivity index (χ1) is 7.13. The summed E-state index contributed by atoms with van der Waals surface area (Å²) in [5.41, 5.74) is 1.17. The molecule has 1 aromatic rings. The Bertz CT molecular complexity index is 338. The molecule has 0 saturated heterocycles. The molecule has 0 spiro atoms. The zero-order chi connectivity index (χ0) is 11.3. The first kappa shape index (κ1) is 12.1. The molecule has 0 aliphatic rings. The molecule has 3 heteroatoms. The van der Waals surface area contributed by atoms with Crippen LogP contribution in [0.4, 0.5) is 0 Å². The Kier molecular flexibility index (Phi) is 4.66. The van der Waals surface area contributed by atoms with Gasteiger partial charge in [-0.15, -0.1) is 0 Å². The van der Waals surface area contributed by atoms with E-state index < -0.39 is 0 Å². The largest absolute Gasteiger partial charge is 0.497 e. The molecule has 0 bridgehead atoms. The zero-order valence-corrected chi connectivity index (χ0v) is 9.84. The molecule has 0 amide bonds. The average Bonchev–Trinajstić information content (AvgIpc) is 2.26. The summed E-state index contributed by atoms with van der Waals surface area (Å²) < 4.78 is 5.16. The van der Waals surface area contributed by atoms with Gasteiger partial charge in [0.1, 0.15) is 5.75 Å². The number of halogens is 1. The van der Waals surface area contributed by atoms with Crippen LogP contribution in [0.25, 0.3) is 0 Å². The number of hydrogen-bond acceptors (Lipinski definition) is 2. The number of nitrogens with one attached hydrogen (secondary N) is 1. The maximum Gasteiger partial charge on any atom is 0.119 e. The van der Waals surface area contributed by atoms with Crippen LogP contribution in [0.1, 0.15) is 18.5 Å². The Labute approximate surface area is 95.9 Å². The smallest absolute Gasteiger partial charge is 0.119 e. The average molecular weight is 226 g/mol. The molecular formula is C12H16ClNO. The van der Waals surface area contributed by atoms with Crippen LogP contribution in [0.3, 0.4) is 0 Å². The predicted octanol–water partition coefficient (Wildman–Crippen LogP) is 3.10. The lowest BCUT2D eigenvalue weighted by Gasteiger charge is -2.14. The van der Waals surface area contributed by atoms with Gasteiger partial charge in [-0.2, -0.15) is 0 Å². The Balaban J connectivity index is 2.64. The van der Waals surface area contributed by atoms with Crippen molar-refractivity contribution in [1.82, 2.24) is 5.32 Å². The van der Waals surface area contributed by atoms with Crippen LogP contribution in [0.5, 0.6) is 5.75 Å². The summed E-state index contributed by atoms with van der Waals surface area (Å²) in [5, 5.41) is 3.88. The minimum absolute atomic E-state index is 0.232. The van der Waals surface area contributed by atoms with E-state index in [2.05, 4.69) is 24.9 Å². The quantitative estimate of drug-likeness (QED) is 0.832. The van der Waals surface area contributed by atoms with E-state index in [1.54, 1.807) is 7.11 Å². The molecule has 0 fully saturated rings. The second-order valence-electron chi connectivity index (χ2n) is 3.40. The number of ether oxygens (including phenoxy) is 1. The third kappa shape index (κ3) is 3.94. The molecule has 0 aliphatic heterocycles. The normalized spacial score (nSPS) is 12.2. The summed E-state index contributed by atoms with van der Waals surface area (Å²) in [6.07, 6.45) is 0. The van der Waals surface area contributed by atoms with Crippen LogP contribution in [0.15, 0.2) is 35.9 Å². The van der Waals surface area contributed by atoms with E-state index in [9.17, 15) is 0 Å². The van der Waals surface area contributed by atoms with Crippen molar-refractivity contribution in [2.24, 2.45) is 0 Å². The molecule has 0 aromatic heterocycles. The lowest BCUT2D eigenvalue weighted by Crippen LogP contribution is -2.19. The molecule has 15 heavy (non-hydrogen) atoms. The standard InChI is InChI=1S/C12H16ClNO/c1-9(13)8-14-10(2)11-5-4-6-12(7-11)15-3/h4-7,10,14H,1,8H2,2-3H3. The summed E-state index contributed by atoms with van der Waals surface area (Å²) in [6, 6.07) is 8.19. The van der Waals surface area contributed by atoms with E-state index in [4.69, 9.17) is 16.3 Å². The van der Waals surface area contributed by atoms with E-state index in [1.807, 2.05) is 18.2 Å². The van der Waals surface area contributed by atoms with Crippen molar-refractivity contribution in [3.05, 3.63) is 41.4 Å². The fourth-order valence-corrected chi connectivity index (χ4v) is 1.37. The summed E-state index contributed by atoms with van der Waals surface area (Å²) >= 11 is 5.69. The molecule has 0 saturated carbocycles. The summed E-state index contributed by atoms with van der Waals surface area (Å²) in [7, 11) is 1.66. The summed E-state index contributed by atoms with van der Waals surface area (Å²) in [5.74, 6) is 0.867. The van der Waals surface area contributed by atoms with E-state index in [0.29, 0.717) is 11.6 Å². The molecule has 1 atom stereocenters. The van der Waals surface area contributed by atoms with Crippen LogP contribution >= 0.6 is 11.6 Å². The topological polar surface area (TPSA) is 21.3 Å². The summed E-state index contributed by atoms with van der Waals surface area (Å²) in [4.78, 5) is 0. The van der Waals surface area contributed by atoms with E-state index in [0.717, 1.165) is 5.75 Å². The Morgan fingerprint density at radius 1 is 1.60 bits per heavy atom. The maximum atomic E-state index is 5.69. The number of benzene rings is 1. The SMILES string of the molecule is C=C(Cl)CNC(C)c1cccc(OC)c1. The monoisotopic (exact) mass is 225 g/mol. The van der Waals surface area contributed by atoms with Crippen LogP contribution in [0.2, 0.25) is 0 Å². The Morgan fingerprint density at radius 3 is 2.93 bits per heavy atom. The zero-order valence-electron chi connectivity index (χ0n) is 9.09. The highest BCUT2D eigenvalue weighted by Crippen LogP contribution is 2.18. The van der Waals surface area contributed by atoms with Crippen molar-refractivity contribution in [2.75, 3.05) is 13.7 Å². The van der Waals surface area contributed by atoms with Crippen LogP contribution < -0.4 is 10.1 Å². The van der Waals surface area contributed by atoms with Crippen LogP contribution in [0, 0.1) is 0 Å². The number of hydrogen-bond donors (Lipinski definition) is 1. The lowest BCUT2D eigenvalue weighted by atomic mass is 10.1. The third-order valence-corrected chi connectivity index (χ3v) is 2.33. The predicted molar refractivity (Wildman–Crippen MR) is 64.4 cm³/mol. The molecule has 1 N–H and O–H groups in total. The fraction of sp³-hybridized carbons (Fsp3) is 0.333. The van der Waals surface area contributed by atoms with Gasteiger partial charge in [0.15, 0.2) is 0 Å². The van der Waals surface area contributed by atoms with E-state index >= 15 is 0 Å². The van der Waals surface area contributed by atoms with Crippen molar-refractivity contribution in [3.8, 4) is 5.75 Å². The van der Waals surface area contributed by atoms with Gasteiger partial charge in [0, 0.05) is 17.6 Å². The van der Waals surface area contributed by atoms with Crippen molar-refractivity contribution in [3.63, 3.8) is 0 Å². The highest BCUT2D eigenvalue weighted by atomic mass is 35.5. The highest BCUT2D eigenvalue weighted by Gasteiger charge is 2.05. The molecule has 0 heterocycles. The van der Waals surface area contributed by atoms with Crippen molar-refractivity contribution in [1.29, 1.82) is 0 Å². The van der Waals surface area contributed by atoms with Crippen LogP contribution in [-0.4, -0.2) is 13.7 Å². The van der Waals surface area contributed by atoms with Gasteiger partial charge in [0.05, 0.1) is 7.11 Å². The third-order valence-electron chi connectivity index (χ3n) is 2.19. The fourth-order valence-electron chi connectivity index (χ4n) is 1.29. The van der Waals surface area contributed by atoms with Crippen LogP contribution in [-0.2, 0) is 0 Å². The van der Waals surface area contributed by atoms with Crippen molar-refractivity contribution in [2.45, 2.75) is 13.0 Å². The van der Waals surface area contributed by atoms with Gasteiger partial charge in [-0.25, -0.2) is 0 Å². The molecule has 0 aliphatic carbocycles. The molecule has 2 nitrogen and oxygen atoms in total. The van der Waals surface area contributed by atoms with Gasteiger partial charge in [-0.05, 0) is 24.6 Å². The maximum absolute atomic E-state index is 5.69. The Morgan fingerprint density at radius 2 is 2.33 bits per heavy atom. The molecule has 0 radical (unpaired) electrons. The van der Waals surface area contributed by atoms with Gasteiger partial charge < -0.3 is 10.1 Å². The second kappa shape index (κ2) is 5.79. The van der Waals surface area contributed by atoms with Crippen molar-refractivity contribution < 1.29 is 4.74 Å². The first-order valence-corrected chi connectivity index (χ1v) is 5.22. The molecule has 82 valence electrons. The summed E-state index contributed by atoms with van der Waals surface area (Å²) in [6.45, 7) is 6.32. The van der Waals surface area contributed by atoms with Gasteiger partial charge in [-0.1, -0.05) is 30.3 Å². The minimum Gasteiger partial charge on any atom is -0.497 e. The molecule has 1 unspecified atom stereocenters. The molecule has 1 rings (SSSR count). The minimum atomic E-state index is 0.232. The van der Waals surface area contributed by atoms with Gasteiger partial charge in [-0.3, -0.25) is 0 Å². The molecular weight excluding hydrogens is 210 g/mol. The van der Waals surface area contributed by atoms with E-state index in [-0.39, 0.29) is 6.04 Å². The van der Waals surface area contributed by atoms with Gasteiger partial charge >= 0.3 is 0 Å². The second-order valence-corrected chi connectivity index (χ2v) is 3.93. The number of methoxy groups -OCH3 is 1.